The molecule has 3 nitrogen and oxygen atoms in total. The van der Waals surface area contributed by atoms with Crippen LogP contribution in [0.4, 0.5) is 5.13 Å². The third-order valence-corrected chi connectivity index (χ3v) is 4.48. The number of aromatic nitrogens is 2. The van der Waals surface area contributed by atoms with Crippen molar-refractivity contribution in [3.05, 3.63) is 39.3 Å². The Morgan fingerprint density at radius 3 is 2.38 bits per heavy atom. The van der Waals surface area contributed by atoms with Crippen molar-refractivity contribution in [2.24, 2.45) is 0 Å². The standard InChI is InChI=1S/C11H10BrN3S/c12-8-3-1-7(2-4-8)11(5-6-11)9-14-15-10(13)16-9/h1-4H,5-6H2,(H2,13,15). The van der Waals surface area contributed by atoms with E-state index in [4.69, 9.17) is 5.73 Å². The van der Waals surface area contributed by atoms with Gasteiger partial charge >= 0.3 is 0 Å². The largest absolute Gasteiger partial charge is 0.374 e. The Bertz CT molecular complexity index is 516. The predicted molar refractivity (Wildman–Crippen MR) is 68.5 cm³/mol. The minimum absolute atomic E-state index is 0.0932. The predicted octanol–water partition coefficient (Wildman–Crippen LogP) is 2.96. The summed E-state index contributed by atoms with van der Waals surface area (Å²) < 4.78 is 1.10. The lowest BCUT2D eigenvalue weighted by Gasteiger charge is -2.11. The number of anilines is 1. The first-order valence-corrected chi connectivity index (χ1v) is 6.67. The summed E-state index contributed by atoms with van der Waals surface area (Å²) in [5, 5.41) is 9.69. The molecule has 3 rings (SSSR count). The first-order chi connectivity index (χ1) is 7.71. The molecule has 2 aromatic rings. The van der Waals surface area contributed by atoms with Gasteiger partial charge in [-0.3, -0.25) is 0 Å². The van der Waals surface area contributed by atoms with E-state index in [0.717, 1.165) is 22.3 Å². The number of hydrogen-bond acceptors (Lipinski definition) is 4. The average Bonchev–Trinajstić information content (AvgIpc) is 2.97. The zero-order valence-corrected chi connectivity index (χ0v) is 10.9. The molecule has 5 heteroatoms. The second kappa shape index (κ2) is 3.53. The molecule has 2 N–H and O–H groups in total. The van der Waals surface area contributed by atoms with E-state index < -0.39 is 0 Å². The van der Waals surface area contributed by atoms with Crippen LogP contribution in [0.3, 0.4) is 0 Å². The maximum atomic E-state index is 5.64. The molecule has 0 atom stereocenters. The lowest BCUT2D eigenvalue weighted by Crippen LogP contribution is -2.07. The van der Waals surface area contributed by atoms with E-state index in [9.17, 15) is 0 Å². The van der Waals surface area contributed by atoms with Crippen LogP contribution < -0.4 is 5.73 Å². The van der Waals surface area contributed by atoms with Gasteiger partial charge in [0.2, 0.25) is 5.13 Å². The van der Waals surface area contributed by atoms with Crippen molar-refractivity contribution >= 4 is 32.4 Å². The Morgan fingerprint density at radius 1 is 1.19 bits per heavy atom. The second-order valence-electron chi connectivity index (χ2n) is 4.03. The molecule has 1 heterocycles. The van der Waals surface area contributed by atoms with Crippen molar-refractivity contribution < 1.29 is 0 Å². The highest BCUT2D eigenvalue weighted by Gasteiger charge is 2.48. The molecule has 82 valence electrons. The van der Waals surface area contributed by atoms with Gasteiger partial charge in [0.05, 0.1) is 0 Å². The zero-order chi connectivity index (χ0) is 11.2. The first-order valence-electron chi connectivity index (χ1n) is 5.06. The minimum atomic E-state index is 0.0932. The van der Waals surface area contributed by atoms with E-state index in [1.165, 1.54) is 16.9 Å². The lowest BCUT2D eigenvalue weighted by molar-refractivity contribution is 0.807. The Kier molecular flexibility index (Phi) is 2.26. The van der Waals surface area contributed by atoms with Crippen LogP contribution in [0.25, 0.3) is 0 Å². The fourth-order valence-corrected chi connectivity index (χ4v) is 3.09. The SMILES string of the molecule is Nc1nnc(C2(c3ccc(Br)cc3)CC2)s1. The minimum Gasteiger partial charge on any atom is -0.374 e. The van der Waals surface area contributed by atoms with E-state index in [1.807, 2.05) is 0 Å². The Hall–Kier alpha value is -0.940. The Labute approximate surface area is 106 Å². The quantitative estimate of drug-likeness (QED) is 0.927. The summed E-state index contributed by atoms with van der Waals surface area (Å²) in [4.78, 5) is 0. The van der Waals surface area contributed by atoms with Gasteiger partial charge in [0.15, 0.2) is 0 Å². The van der Waals surface area contributed by atoms with Gasteiger partial charge in [0, 0.05) is 9.89 Å². The summed E-state index contributed by atoms with van der Waals surface area (Å²) in [6.07, 6.45) is 2.28. The molecule has 0 amide bonds. The average molecular weight is 296 g/mol. The van der Waals surface area contributed by atoms with Crippen molar-refractivity contribution in [1.82, 2.24) is 10.2 Å². The molecular weight excluding hydrogens is 286 g/mol. The number of nitrogens with zero attached hydrogens (tertiary/aromatic N) is 2. The van der Waals surface area contributed by atoms with Crippen LogP contribution in [0.5, 0.6) is 0 Å². The van der Waals surface area contributed by atoms with Crippen LogP contribution in [-0.4, -0.2) is 10.2 Å². The van der Waals surface area contributed by atoms with Crippen molar-refractivity contribution in [3.63, 3.8) is 0 Å². The maximum absolute atomic E-state index is 5.64. The van der Waals surface area contributed by atoms with Crippen molar-refractivity contribution in [1.29, 1.82) is 0 Å². The molecule has 0 saturated heterocycles. The summed E-state index contributed by atoms with van der Waals surface area (Å²) in [6.45, 7) is 0. The summed E-state index contributed by atoms with van der Waals surface area (Å²) >= 11 is 4.95. The molecule has 1 saturated carbocycles. The fraction of sp³-hybridized carbons (Fsp3) is 0.273. The molecule has 1 aliphatic carbocycles. The van der Waals surface area contributed by atoms with E-state index in [0.29, 0.717) is 5.13 Å². The van der Waals surface area contributed by atoms with Gasteiger partial charge in [-0.05, 0) is 30.5 Å². The molecule has 1 aromatic heterocycles. The van der Waals surface area contributed by atoms with E-state index in [2.05, 4.69) is 50.4 Å². The number of rotatable bonds is 2. The Morgan fingerprint density at radius 2 is 1.88 bits per heavy atom. The molecule has 0 bridgehead atoms. The van der Waals surface area contributed by atoms with Crippen LogP contribution in [0.1, 0.15) is 23.4 Å². The van der Waals surface area contributed by atoms with Gasteiger partial charge < -0.3 is 5.73 Å². The van der Waals surface area contributed by atoms with Gasteiger partial charge in [0.25, 0.3) is 0 Å². The number of nitrogen functional groups attached to an aromatic ring is 1. The maximum Gasteiger partial charge on any atom is 0.203 e. The van der Waals surface area contributed by atoms with Gasteiger partial charge in [-0.1, -0.05) is 39.4 Å². The molecule has 1 aromatic carbocycles. The van der Waals surface area contributed by atoms with Crippen LogP contribution in [0.15, 0.2) is 28.7 Å². The fourth-order valence-electron chi connectivity index (χ4n) is 1.95. The van der Waals surface area contributed by atoms with Gasteiger partial charge in [-0.15, -0.1) is 10.2 Å². The molecule has 0 radical (unpaired) electrons. The molecule has 1 aliphatic rings. The lowest BCUT2D eigenvalue weighted by atomic mass is 9.97. The van der Waals surface area contributed by atoms with E-state index >= 15 is 0 Å². The second-order valence-corrected chi connectivity index (χ2v) is 5.96. The normalized spacial score (nSPS) is 17.3. The number of hydrogen-bond donors (Lipinski definition) is 1. The highest BCUT2D eigenvalue weighted by molar-refractivity contribution is 9.10. The van der Waals surface area contributed by atoms with Crippen molar-refractivity contribution in [2.45, 2.75) is 18.3 Å². The van der Waals surface area contributed by atoms with E-state index in [1.54, 1.807) is 0 Å². The number of nitrogens with two attached hydrogens (primary N) is 1. The van der Waals surface area contributed by atoms with Gasteiger partial charge in [0.1, 0.15) is 5.01 Å². The molecule has 16 heavy (non-hydrogen) atoms. The van der Waals surface area contributed by atoms with E-state index in [-0.39, 0.29) is 5.41 Å². The highest BCUT2D eigenvalue weighted by atomic mass is 79.9. The monoisotopic (exact) mass is 295 g/mol. The highest BCUT2D eigenvalue weighted by Crippen LogP contribution is 2.54. The third-order valence-electron chi connectivity index (χ3n) is 3.00. The molecular formula is C11H10BrN3S. The zero-order valence-electron chi connectivity index (χ0n) is 8.48. The molecule has 0 aliphatic heterocycles. The third kappa shape index (κ3) is 1.55. The van der Waals surface area contributed by atoms with Gasteiger partial charge in [-0.25, -0.2) is 0 Å². The summed E-state index contributed by atoms with van der Waals surface area (Å²) in [6, 6.07) is 8.43. The van der Waals surface area contributed by atoms with Crippen LogP contribution in [0, 0.1) is 0 Å². The molecule has 0 spiro atoms. The van der Waals surface area contributed by atoms with Crippen molar-refractivity contribution in [2.75, 3.05) is 5.73 Å². The number of halogens is 1. The number of benzene rings is 1. The van der Waals surface area contributed by atoms with Crippen LogP contribution >= 0.6 is 27.3 Å². The Balaban J connectivity index is 2.03. The summed E-state index contributed by atoms with van der Waals surface area (Å²) in [5.74, 6) is 0. The molecule has 0 unspecified atom stereocenters. The van der Waals surface area contributed by atoms with Crippen LogP contribution in [0.2, 0.25) is 0 Å². The topological polar surface area (TPSA) is 51.8 Å². The smallest absolute Gasteiger partial charge is 0.203 e. The first kappa shape index (κ1) is 10.2. The summed E-state index contributed by atoms with van der Waals surface area (Å²) in [5.41, 5.74) is 7.05. The van der Waals surface area contributed by atoms with Crippen LogP contribution in [-0.2, 0) is 5.41 Å². The molecule has 1 fully saturated rings. The van der Waals surface area contributed by atoms with Crippen molar-refractivity contribution in [3.8, 4) is 0 Å². The van der Waals surface area contributed by atoms with Gasteiger partial charge in [-0.2, -0.15) is 0 Å². The summed E-state index contributed by atoms with van der Waals surface area (Å²) in [7, 11) is 0.